The first-order valence-electron chi connectivity index (χ1n) is 5.23. The number of nitrogens with zero attached hydrogens (tertiary/aromatic N) is 2. The summed E-state index contributed by atoms with van der Waals surface area (Å²) in [6.45, 7) is 9.02. The lowest BCUT2D eigenvalue weighted by molar-refractivity contribution is 0.0164. The molecular formula is C10H22N2O. The summed E-state index contributed by atoms with van der Waals surface area (Å²) in [6.07, 6.45) is 0.917. The lowest BCUT2D eigenvalue weighted by atomic mass is 10.0. The fraction of sp³-hybridized carbons (Fsp3) is 1.00. The van der Waals surface area contributed by atoms with Crippen molar-refractivity contribution in [2.45, 2.75) is 25.9 Å². The van der Waals surface area contributed by atoms with Crippen LogP contribution in [0.2, 0.25) is 0 Å². The van der Waals surface area contributed by atoms with Gasteiger partial charge in [0.05, 0.1) is 5.60 Å². The zero-order chi connectivity index (χ0) is 9.90. The van der Waals surface area contributed by atoms with Crippen molar-refractivity contribution >= 4 is 0 Å². The van der Waals surface area contributed by atoms with Gasteiger partial charge in [0.25, 0.3) is 0 Å². The van der Waals surface area contributed by atoms with Gasteiger partial charge in [0, 0.05) is 19.6 Å². The van der Waals surface area contributed by atoms with Crippen LogP contribution in [0.3, 0.4) is 0 Å². The Bertz CT molecular complexity index is 159. The van der Waals surface area contributed by atoms with Gasteiger partial charge in [-0.3, -0.25) is 0 Å². The van der Waals surface area contributed by atoms with Gasteiger partial charge >= 0.3 is 0 Å². The molecule has 1 aliphatic rings. The van der Waals surface area contributed by atoms with Gasteiger partial charge in [-0.1, -0.05) is 13.8 Å². The highest BCUT2D eigenvalue weighted by molar-refractivity contribution is 4.91. The van der Waals surface area contributed by atoms with E-state index in [0.29, 0.717) is 0 Å². The van der Waals surface area contributed by atoms with E-state index in [-0.39, 0.29) is 0 Å². The molecule has 78 valence electrons. The maximum Gasteiger partial charge on any atom is 0.0912 e. The van der Waals surface area contributed by atoms with Gasteiger partial charge in [-0.25, -0.2) is 0 Å². The van der Waals surface area contributed by atoms with Crippen LogP contribution in [0.25, 0.3) is 0 Å². The first-order valence-corrected chi connectivity index (χ1v) is 5.23. The Morgan fingerprint density at radius 3 is 2.38 bits per heavy atom. The van der Waals surface area contributed by atoms with Gasteiger partial charge in [0.2, 0.25) is 0 Å². The quantitative estimate of drug-likeness (QED) is 0.688. The van der Waals surface area contributed by atoms with Crippen molar-refractivity contribution in [1.29, 1.82) is 0 Å². The van der Waals surface area contributed by atoms with E-state index in [2.05, 4.69) is 30.7 Å². The van der Waals surface area contributed by atoms with E-state index in [1.807, 2.05) is 0 Å². The van der Waals surface area contributed by atoms with Crippen LogP contribution in [0.4, 0.5) is 0 Å². The average molecular weight is 186 g/mol. The Morgan fingerprint density at radius 1 is 1.38 bits per heavy atom. The van der Waals surface area contributed by atoms with Crippen molar-refractivity contribution in [3.63, 3.8) is 0 Å². The highest BCUT2D eigenvalue weighted by Crippen LogP contribution is 2.20. The summed E-state index contributed by atoms with van der Waals surface area (Å²) in [4.78, 5) is 4.49. The van der Waals surface area contributed by atoms with Crippen LogP contribution < -0.4 is 0 Å². The SMILES string of the molecule is CCN(CC)CC1(O)CCN(C)C1. The van der Waals surface area contributed by atoms with Crippen LogP contribution in [-0.2, 0) is 0 Å². The van der Waals surface area contributed by atoms with Crippen LogP contribution in [0, 0.1) is 0 Å². The molecule has 1 N–H and O–H groups in total. The standard InChI is InChI=1S/C10H22N2O/c1-4-12(5-2)9-10(13)6-7-11(3)8-10/h13H,4-9H2,1-3H3. The van der Waals surface area contributed by atoms with Crippen molar-refractivity contribution in [1.82, 2.24) is 9.80 Å². The molecule has 1 atom stereocenters. The second-order valence-corrected chi connectivity index (χ2v) is 4.17. The molecule has 0 aromatic rings. The molecule has 0 aliphatic carbocycles. The van der Waals surface area contributed by atoms with E-state index >= 15 is 0 Å². The van der Waals surface area contributed by atoms with Crippen LogP contribution in [0.15, 0.2) is 0 Å². The predicted molar refractivity (Wildman–Crippen MR) is 54.9 cm³/mol. The lowest BCUT2D eigenvalue weighted by Gasteiger charge is -2.29. The Hall–Kier alpha value is -0.120. The predicted octanol–water partition coefficient (Wildman–Crippen LogP) is 0.395. The van der Waals surface area contributed by atoms with Gasteiger partial charge in [-0.05, 0) is 26.6 Å². The van der Waals surface area contributed by atoms with E-state index in [4.69, 9.17) is 0 Å². The molecule has 0 radical (unpaired) electrons. The molecule has 13 heavy (non-hydrogen) atoms. The number of aliphatic hydroxyl groups is 1. The van der Waals surface area contributed by atoms with Crippen LogP contribution in [0.5, 0.6) is 0 Å². The van der Waals surface area contributed by atoms with Crippen molar-refractivity contribution in [2.75, 3.05) is 39.8 Å². The molecule has 0 saturated carbocycles. The summed E-state index contributed by atoms with van der Waals surface area (Å²) in [5.74, 6) is 0. The molecule has 1 saturated heterocycles. The average Bonchev–Trinajstić information content (AvgIpc) is 2.43. The van der Waals surface area contributed by atoms with Crippen LogP contribution in [0.1, 0.15) is 20.3 Å². The zero-order valence-corrected chi connectivity index (χ0v) is 9.08. The van der Waals surface area contributed by atoms with Gasteiger partial charge in [0.15, 0.2) is 0 Å². The minimum atomic E-state index is -0.458. The largest absolute Gasteiger partial charge is 0.387 e. The summed E-state index contributed by atoms with van der Waals surface area (Å²) >= 11 is 0. The van der Waals surface area contributed by atoms with Crippen LogP contribution in [-0.4, -0.2) is 60.3 Å². The number of rotatable bonds is 4. The molecule has 3 heteroatoms. The van der Waals surface area contributed by atoms with E-state index in [1.165, 1.54) is 0 Å². The second kappa shape index (κ2) is 4.40. The van der Waals surface area contributed by atoms with Crippen molar-refractivity contribution in [2.24, 2.45) is 0 Å². The third-order valence-corrected chi connectivity index (χ3v) is 2.94. The molecule has 1 unspecified atom stereocenters. The van der Waals surface area contributed by atoms with Gasteiger partial charge < -0.3 is 14.9 Å². The summed E-state index contributed by atoms with van der Waals surface area (Å²) < 4.78 is 0. The number of likely N-dealkylation sites (N-methyl/N-ethyl adjacent to an activating group) is 2. The Kier molecular flexibility index (Phi) is 3.71. The molecule has 3 nitrogen and oxygen atoms in total. The molecule has 0 bridgehead atoms. The summed E-state index contributed by atoms with van der Waals surface area (Å²) in [7, 11) is 2.07. The first kappa shape index (κ1) is 11.0. The van der Waals surface area contributed by atoms with Gasteiger partial charge in [0.1, 0.15) is 0 Å². The molecule has 1 aliphatic heterocycles. The topological polar surface area (TPSA) is 26.7 Å². The lowest BCUT2D eigenvalue weighted by Crippen LogP contribution is -2.44. The van der Waals surface area contributed by atoms with Gasteiger partial charge in [-0.2, -0.15) is 0 Å². The third-order valence-electron chi connectivity index (χ3n) is 2.94. The van der Waals surface area contributed by atoms with E-state index in [1.54, 1.807) is 0 Å². The molecule has 0 amide bonds. The monoisotopic (exact) mass is 186 g/mol. The van der Waals surface area contributed by atoms with Crippen molar-refractivity contribution in [3.05, 3.63) is 0 Å². The Morgan fingerprint density at radius 2 is 2.00 bits per heavy atom. The van der Waals surface area contributed by atoms with Gasteiger partial charge in [-0.15, -0.1) is 0 Å². The molecular weight excluding hydrogens is 164 g/mol. The second-order valence-electron chi connectivity index (χ2n) is 4.17. The highest BCUT2D eigenvalue weighted by Gasteiger charge is 2.35. The minimum absolute atomic E-state index is 0.458. The van der Waals surface area contributed by atoms with E-state index < -0.39 is 5.60 Å². The van der Waals surface area contributed by atoms with Crippen LogP contribution >= 0.6 is 0 Å². The third kappa shape index (κ3) is 2.93. The normalized spacial score (nSPS) is 30.2. The molecule has 1 rings (SSSR count). The number of β-amino-alcohol motifs (C(OH)–C–C–N with tert-alkyl or cyclic N) is 1. The highest BCUT2D eigenvalue weighted by atomic mass is 16.3. The fourth-order valence-electron chi connectivity index (χ4n) is 2.05. The minimum Gasteiger partial charge on any atom is -0.387 e. The summed E-state index contributed by atoms with van der Waals surface area (Å²) in [5.41, 5.74) is -0.458. The molecule has 0 aromatic carbocycles. The molecule has 1 heterocycles. The summed E-state index contributed by atoms with van der Waals surface area (Å²) in [6, 6.07) is 0. The van der Waals surface area contributed by atoms with Crippen molar-refractivity contribution in [3.8, 4) is 0 Å². The molecule has 1 fully saturated rings. The smallest absolute Gasteiger partial charge is 0.0912 e. The van der Waals surface area contributed by atoms with E-state index in [0.717, 1.165) is 39.1 Å². The number of likely N-dealkylation sites (tertiary alicyclic amines) is 1. The zero-order valence-electron chi connectivity index (χ0n) is 9.08. The molecule has 0 aromatic heterocycles. The molecule has 0 spiro atoms. The summed E-state index contributed by atoms with van der Waals surface area (Å²) in [5, 5.41) is 10.2. The van der Waals surface area contributed by atoms with Crippen molar-refractivity contribution < 1.29 is 5.11 Å². The number of hydrogen-bond acceptors (Lipinski definition) is 3. The fourth-order valence-corrected chi connectivity index (χ4v) is 2.05. The maximum absolute atomic E-state index is 10.2. The Labute approximate surface area is 81.3 Å². The first-order chi connectivity index (χ1) is 6.09. The maximum atomic E-state index is 10.2. The van der Waals surface area contributed by atoms with E-state index in [9.17, 15) is 5.11 Å². The Balaban J connectivity index is 2.42. The number of hydrogen-bond donors (Lipinski definition) is 1.